The quantitative estimate of drug-likeness (QED) is 0.570. The summed E-state index contributed by atoms with van der Waals surface area (Å²) in [4.78, 5) is 0. The molecule has 5 atom stereocenters. The topological polar surface area (TPSA) is 55.4 Å². The molecule has 0 aliphatic carbocycles. The summed E-state index contributed by atoms with van der Waals surface area (Å²) in [6, 6.07) is 0. The van der Waals surface area contributed by atoms with E-state index in [4.69, 9.17) is 27.5 Å². The highest BCUT2D eigenvalue weighted by Gasteiger charge is 2.51. The Bertz CT molecular complexity index is 416. The molecule has 1 unspecified atom stereocenters. The van der Waals surface area contributed by atoms with Crippen molar-refractivity contribution in [3.8, 4) is 0 Å². The van der Waals surface area contributed by atoms with Crippen LogP contribution in [0.1, 0.15) is 0 Å². The van der Waals surface area contributed by atoms with Crippen LogP contribution in [0.5, 0.6) is 0 Å². The molecule has 0 aromatic rings. The van der Waals surface area contributed by atoms with Gasteiger partial charge in [-0.3, -0.25) is 0 Å². The number of ether oxygens (including phenoxy) is 3. The lowest BCUT2D eigenvalue weighted by atomic mass is 10.0. The Morgan fingerprint density at radius 1 is 0.520 bits per heavy atom. The average molecular weight is 411 g/mol. The Kier molecular flexibility index (Phi) is 8.08. The van der Waals surface area contributed by atoms with Gasteiger partial charge < -0.3 is 27.5 Å². The molecule has 1 aliphatic rings. The molecule has 150 valence electrons. The minimum atomic E-state index is -1.85. The van der Waals surface area contributed by atoms with E-state index in [-0.39, 0.29) is 18.3 Å². The third-order valence-corrected chi connectivity index (χ3v) is 6.28. The van der Waals surface area contributed by atoms with Crippen molar-refractivity contribution in [3.05, 3.63) is 0 Å². The number of methoxy groups -OCH3 is 2. The van der Waals surface area contributed by atoms with E-state index in [0.717, 1.165) is 0 Å². The molecule has 0 aromatic carbocycles. The minimum Gasteiger partial charge on any atom is -0.407 e. The van der Waals surface area contributed by atoms with Crippen molar-refractivity contribution in [2.45, 2.75) is 89.8 Å². The third kappa shape index (κ3) is 7.89. The van der Waals surface area contributed by atoms with E-state index in [9.17, 15) is 0 Å². The van der Waals surface area contributed by atoms with Gasteiger partial charge in [-0.25, -0.2) is 0 Å². The zero-order chi connectivity index (χ0) is 19.6. The van der Waals surface area contributed by atoms with Gasteiger partial charge in [-0.2, -0.15) is 0 Å². The van der Waals surface area contributed by atoms with E-state index in [0.29, 0.717) is 0 Å². The fraction of sp³-hybridized carbons (Fsp3) is 1.00. The molecule has 0 radical (unpaired) electrons. The highest BCUT2D eigenvalue weighted by atomic mass is 28.4. The van der Waals surface area contributed by atoms with Crippen LogP contribution in [0.15, 0.2) is 0 Å². The lowest BCUT2D eigenvalue weighted by Crippen LogP contribution is -2.64. The Balaban J connectivity index is 3.18. The van der Waals surface area contributed by atoms with Gasteiger partial charge in [0.1, 0.15) is 18.3 Å². The van der Waals surface area contributed by atoms with E-state index in [1.165, 1.54) is 0 Å². The highest BCUT2D eigenvalue weighted by Crippen LogP contribution is 2.33. The molecule has 0 amide bonds. The summed E-state index contributed by atoms with van der Waals surface area (Å²) in [5.41, 5.74) is 0. The van der Waals surface area contributed by atoms with Gasteiger partial charge in [-0.15, -0.1) is 0 Å². The molecule has 0 spiro atoms. The maximum absolute atomic E-state index is 6.41. The predicted octanol–water partition coefficient (Wildman–Crippen LogP) is 3.62. The summed E-state index contributed by atoms with van der Waals surface area (Å²) >= 11 is 0. The fourth-order valence-electron chi connectivity index (χ4n) is 2.71. The maximum atomic E-state index is 6.41. The maximum Gasteiger partial charge on any atom is 0.187 e. The van der Waals surface area contributed by atoms with Crippen LogP contribution in [0.4, 0.5) is 0 Å². The van der Waals surface area contributed by atoms with Crippen LogP contribution >= 0.6 is 0 Å². The van der Waals surface area contributed by atoms with Crippen molar-refractivity contribution in [2.24, 2.45) is 0 Å². The van der Waals surface area contributed by atoms with Crippen LogP contribution < -0.4 is 0 Å². The Hall–Kier alpha value is 0.411. The van der Waals surface area contributed by atoms with Crippen LogP contribution in [-0.2, 0) is 27.5 Å². The summed E-state index contributed by atoms with van der Waals surface area (Å²) in [6.07, 6.45) is -2.05. The minimum absolute atomic E-state index is 0.312. The van der Waals surface area contributed by atoms with Crippen molar-refractivity contribution in [1.29, 1.82) is 0 Å². The van der Waals surface area contributed by atoms with E-state index >= 15 is 0 Å². The van der Waals surface area contributed by atoms with E-state index < -0.39 is 37.5 Å². The summed E-state index contributed by atoms with van der Waals surface area (Å²) in [7, 11) is -2.20. The fourth-order valence-corrected chi connectivity index (χ4v) is 5.55. The second-order valence-corrected chi connectivity index (χ2v) is 22.8. The number of rotatable bonds is 8. The molecule has 1 aliphatic heterocycles. The van der Waals surface area contributed by atoms with Crippen molar-refractivity contribution in [2.75, 3.05) is 14.2 Å². The van der Waals surface area contributed by atoms with Crippen molar-refractivity contribution in [3.63, 3.8) is 0 Å². The van der Waals surface area contributed by atoms with E-state index in [2.05, 4.69) is 58.9 Å². The zero-order valence-corrected chi connectivity index (χ0v) is 20.8. The van der Waals surface area contributed by atoms with Crippen LogP contribution in [-0.4, -0.2) is 70.1 Å². The monoisotopic (exact) mass is 410 g/mol. The van der Waals surface area contributed by atoms with E-state index in [1.807, 2.05) is 0 Å². The smallest absolute Gasteiger partial charge is 0.187 e. The van der Waals surface area contributed by atoms with Gasteiger partial charge in [0.15, 0.2) is 37.5 Å². The normalized spacial score (nSPS) is 32.0. The summed E-state index contributed by atoms with van der Waals surface area (Å²) in [6.45, 7) is 19.3. The first kappa shape index (κ1) is 23.5. The van der Waals surface area contributed by atoms with Gasteiger partial charge in [0.2, 0.25) is 0 Å². The lowest BCUT2D eigenvalue weighted by molar-refractivity contribution is -0.321. The molecule has 1 saturated heterocycles. The van der Waals surface area contributed by atoms with Crippen LogP contribution in [0.2, 0.25) is 58.9 Å². The van der Waals surface area contributed by atoms with Crippen molar-refractivity contribution in [1.82, 2.24) is 0 Å². The van der Waals surface area contributed by atoms with Gasteiger partial charge in [0, 0.05) is 14.2 Å². The molecule has 1 heterocycles. The molecule has 25 heavy (non-hydrogen) atoms. The molecule has 1 rings (SSSR count). The number of hydrogen-bond acceptors (Lipinski definition) is 6. The first-order valence-corrected chi connectivity index (χ1v) is 19.1. The molecule has 0 saturated carbocycles. The SMILES string of the molecule is CO[C@H]1[C@@H](O[Si](C)(C)C)OC(O[Si](C)(C)C)[C@H](O[Si](C)(C)C)[C@H]1OC. The first-order valence-electron chi connectivity index (χ1n) is 8.91. The van der Waals surface area contributed by atoms with Gasteiger partial charge >= 0.3 is 0 Å². The predicted molar refractivity (Wildman–Crippen MR) is 107 cm³/mol. The first-order chi connectivity index (χ1) is 11.2. The molecule has 1 fully saturated rings. The summed E-state index contributed by atoms with van der Waals surface area (Å²) < 4.78 is 36.7. The van der Waals surface area contributed by atoms with Crippen molar-refractivity contribution >= 4 is 25.0 Å². The van der Waals surface area contributed by atoms with Gasteiger partial charge in [-0.05, 0) is 58.9 Å². The molecule has 0 aromatic heterocycles. The third-order valence-electron chi connectivity index (χ3n) is 3.43. The molecule has 9 heteroatoms. The lowest BCUT2D eigenvalue weighted by Gasteiger charge is -2.49. The van der Waals surface area contributed by atoms with Gasteiger partial charge in [0.25, 0.3) is 0 Å². The van der Waals surface area contributed by atoms with Crippen molar-refractivity contribution < 1.29 is 27.5 Å². The zero-order valence-electron chi connectivity index (χ0n) is 17.8. The highest BCUT2D eigenvalue weighted by molar-refractivity contribution is 6.70. The molecular weight excluding hydrogens is 372 g/mol. The molecular formula is C16H38O6Si3. The van der Waals surface area contributed by atoms with Gasteiger partial charge in [-0.1, -0.05) is 0 Å². The summed E-state index contributed by atoms with van der Waals surface area (Å²) in [5.74, 6) is 0. The van der Waals surface area contributed by atoms with Crippen LogP contribution in [0.25, 0.3) is 0 Å². The molecule has 0 N–H and O–H groups in total. The average Bonchev–Trinajstić information content (AvgIpc) is 2.36. The number of hydrogen-bond donors (Lipinski definition) is 0. The Labute approximate surface area is 156 Å². The molecule has 0 bridgehead atoms. The van der Waals surface area contributed by atoms with E-state index in [1.54, 1.807) is 14.2 Å². The van der Waals surface area contributed by atoms with Crippen LogP contribution in [0.3, 0.4) is 0 Å². The second-order valence-electron chi connectivity index (χ2n) is 9.43. The Morgan fingerprint density at radius 2 is 0.880 bits per heavy atom. The largest absolute Gasteiger partial charge is 0.407 e. The Morgan fingerprint density at radius 3 is 1.20 bits per heavy atom. The summed E-state index contributed by atoms with van der Waals surface area (Å²) in [5, 5.41) is 0. The van der Waals surface area contributed by atoms with Crippen LogP contribution in [0, 0.1) is 0 Å². The molecule has 6 nitrogen and oxygen atoms in total. The standard InChI is InChI=1S/C16H38O6Si3/c1-17-12-13(18-2)15(21-24(6,7)8)19-16(22-25(9,10)11)14(12)20-23(3,4)5/h12-16H,1-11H3/t12-,13+,14+,15+,16?/m0/s1. The second kappa shape index (κ2) is 8.61. The van der Waals surface area contributed by atoms with Gasteiger partial charge in [0.05, 0.1) is 0 Å².